The van der Waals surface area contributed by atoms with Crippen molar-refractivity contribution in [3.8, 4) is 0 Å². The average molecular weight is 450 g/mol. The summed E-state index contributed by atoms with van der Waals surface area (Å²) in [5, 5.41) is 2.80. The second-order valence-corrected chi connectivity index (χ2v) is 8.09. The summed E-state index contributed by atoms with van der Waals surface area (Å²) in [6, 6.07) is 12.8. The van der Waals surface area contributed by atoms with Crippen LogP contribution in [0.15, 0.2) is 67.0 Å². The van der Waals surface area contributed by atoms with E-state index in [9.17, 15) is 18.4 Å². The normalized spacial score (nSPS) is 16.5. The molecule has 33 heavy (non-hydrogen) atoms. The summed E-state index contributed by atoms with van der Waals surface area (Å²) in [6.07, 6.45) is 4.63. The third kappa shape index (κ3) is 5.40. The number of carbonyl (C=O) groups excluding carboxylic acids is 2. The summed E-state index contributed by atoms with van der Waals surface area (Å²) >= 11 is 0. The molecule has 0 bridgehead atoms. The number of nitrogens with one attached hydrogen (secondary N) is 1. The van der Waals surface area contributed by atoms with Gasteiger partial charge in [0.15, 0.2) is 0 Å². The molecule has 0 spiro atoms. The summed E-state index contributed by atoms with van der Waals surface area (Å²) in [5.74, 6) is -1.88. The highest BCUT2D eigenvalue weighted by Crippen LogP contribution is 2.29. The van der Waals surface area contributed by atoms with E-state index in [1.165, 1.54) is 12.1 Å². The van der Waals surface area contributed by atoms with Crippen LogP contribution in [-0.2, 0) is 11.2 Å². The summed E-state index contributed by atoms with van der Waals surface area (Å²) in [4.78, 5) is 30.9. The summed E-state index contributed by atoms with van der Waals surface area (Å²) in [6.45, 7) is 0.543. The summed E-state index contributed by atoms with van der Waals surface area (Å²) in [7, 11) is 0. The zero-order chi connectivity index (χ0) is 23.4. The Labute approximate surface area is 190 Å². The maximum Gasteiger partial charge on any atom is 0.255 e. The number of aromatic nitrogens is 1. The predicted octanol–water partition coefficient (Wildman–Crippen LogP) is 3.85. The highest BCUT2D eigenvalue weighted by molar-refractivity contribution is 6.04. The van der Waals surface area contributed by atoms with Crippen LogP contribution in [0.4, 0.5) is 14.5 Å². The van der Waals surface area contributed by atoms with Gasteiger partial charge in [-0.25, -0.2) is 8.78 Å². The Balaban J connectivity index is 1.42. The van der Waals surface area contributed by atoms with Crippen LogP contribution >= 0.6 is 0 Å². The Hall–Kier alpha value is -3.65. The van der Waals surface area contributed by atoms with Crippen molar-refractivity contribution in [2.45, 2.75) is 31.3 Å². The zero-order valence-electron chi connectivity index (χ0n) is 17.9. The van der Waals surface area contributed by atoms with E-state index in [4.69, 9.17) is 5.73 Å². The topological polar surface area (TPSA) is 88.3 Å². The van der Waals surface area contributed by atoms with Gasteiger partial charge in [-0.2, -0.15) is 0 Å². The van der Waals surface area contributed by atoms with Crippen molar-refractivity contribution in [3.63, 3.8) is 0 Å². The lowest BCUT2D eigenvalue weighted by atomic mass is 9.96. The van der Waals surface area contributed by atoms with Gasteiger partial charge in [0, 0.05) is 36.3 Å². The monoisotopic (exact) mass is 450 g/mol. The smallest absolute Gasteiger partial charge is 0.255 e. The zero-order valence-corrected chi connectivity index (χ0v) is 17.9. The molecule has 2 heterocycles. The lowest BCUT2D eigenvalue weighted by Crippen LogP contribution is -2.42. The number of pyridine rings is 1. The van der Waals surface area contributed by atoms with E-state index in [0.29, 0.717) is 23.4 Å². The Morgan fingerprint density at radius 2 is 1.73 bits per heavy atom. The molecule has 170 valence electrons. The third-order valence-electron chi connectivity index (χ3n) is 5.81. The summed E-state index contributed by atoms with van der Waals surface area (Å²) < 4.78 is 27.0. The van der Waals surface area contributed by atoms with E-state index >= 15 is 0 Å². The van der Waals surface area contributed by atoms with Crippen molar-refractivity contribution in [1.29, 1.82) is 0 Å². The van der Waals surface area contributed by atoms with Crippen molar-refractivity contribution in [3.05, 3.63) is 95.3 Å². The highest BCUT2D eigenvalue weighted by atomic mass is 19.1. The Morgan fingerprint density at radius 1 is 1.06 bits per heavy atom. The number of carbonyl (C=O) groups is 2. The van der Waals surface area contributed by atoms with E-state index in [2.05, 4.69) is 10.3 Å². The molecule has 1 saturated heterocycles. The number of rotatable bonds is 6. The van der Waals surface area contributed by atoms with E-state index in [1.54, 1.807) is 53.7 Å². The summed E-state index contributed by atoms with van der Waals surface area (Å²) in [5.41, 5.74) is 8.72. The Morgan fingerprint density at radius 3 is 2.39 bits per heavy atom. The molecule has 2 aromatic carbocycles. The molecule has 6 nitrogen and oxygen atoms in total. The molecule has 3 N–H and O–H groups in total. The highest BCUT2D eigenvalue weighted by Gasteiger charge is 2.33. The fraction of sp³-hybridized carbons (Fsp3) is 0.240. The molecule has 0 radical (unpaired) electrons. The van der Waals surface area contributed by atoms with Crippen LogP contribution in [0.1, 0.15) is 40.4 Å². The number of nitrogens with two attached hydrogens (primary N) is 1. The van der Waals surface area contributed by atoms with Crippen LogP contribution in [0.3, 0.4) is 0 Å². The van der Waals surface area contributed by atoms with Crippen LogP contribution < -0.4 is 11.1 Å². The Kier molecular flexibility index (Phi) is 6.74. The van der Waals surface area contributed by atoms with Gasteiger partial charge in [0.1, 0.15) is 11.6 Å². The minimum Gasteiger partial charge on any atom is -0.338 e. The van der Waals surface area contributed by atoms with Crippen LogP contribution in [0.25, 0.3) is 0 Å². The molecule has 8 heteroatoms. The van der Waals surface area contributed by atoms with Crippen molar-refractivity contribution in [2.24, 2.45) is 5.73 Å². The van der Waals surface area contributed by atoms with Gasteiger partial charge < -0.3 is 16.0 Å². The molecule has 1 aromatic heterocycles. The second-order valence-electron chi connectivity index (χ2n) is 8.09. The molecule has 0 aliphatic carbocycles. The minimum absolute atomic E-state index is 0.0913. The van der Waals surface area contributed by atoms with Crippen molar-refractivity contribution >= 4 is 17.5 Å². The van der Waals surface area contributed by atoms with E-state index in [-0.39, 0.29) is 24.3 Å². The van der Waals surface area contributed by atoms with Crippen LogP contribution in [-0.4, -0.2) is 34.3 Å². The SMILES string of the molecule is NC(c1ccc(C(=O)Nc2ccncc2)cc1)C1CCCN1C(=O)Cc1cc(F)cc(F)c1. The molecular formula is C25H24F2N4O2. The standard InChI is InChI=1S/C25H24F2N4O2/c26-19-12-16(13-20(27)15-19)14-23(32)31-11-1-2-22(31)24(28)17-3-5-18(6-4-17)25(33)30-21-7-9-29-10-8-21/h3-10,12-13,15,22,24H,1-2,11,14,28H2,(H,29,30,33). The second kappa shape index (κ2) is 9.87. The molecule has 1 fully saturated rings. The van der Waals surface area contributed by atoms with Gasteiger partial charge in [-0.05, 0) is 60.4 Å². The van der Waals surface area contributed by atoms with E-state index in [0.717, 1.165) is 24.5 Å². The molecular weight excluding hydrogens is 426 g/mol. The van der Waals surface area contributed by atoms with Crippen molar-refractivity contribution in [2.75, 3.05) is 11.9 Å². The average Bonchev–Trinajstić information content (AvgIpc) is 3.29. The van der Waals surface area contributed by atoms with Crippen LogP contribution in [0.5, 0.6) is 0 Å². The molecule has 2 atom stereocenters. The maximum atomic E-state index is 13.5. The van der Waals surface area contributed by atoms with Gasteiger partial charge >= 0.3 is 0 Å². The molecule has 0 saturated carbocycles. The lowest BCUT2D eigenvalue weighted by Gasteiger charge is -2.30. The van der Waals surface area contributed by atoms with Crippen molar-refractivity contribution < 1.29 is 18.4 Å². The number of benzene rings is 2. The third-order valence-corrected chi connectivity index (χ3v) is 5.81. The molecule has 3 aromatic rings. The van der Waals surface area contributed by atoms with Gasteiger partial charge in [0.05, 0.1) is 18.5 Å². The van der Waals surface area contributed by atoms with Gasteiger partial charge in [-0.15, -0.1) is 0 Å². The Bertz CT molecular complexity index is 1120. The van der Waals surface area contributed by atoms with Gasteiger partial charge in [0.25, 0.3) is 5.91 Å². The van der Waals surface area contributed by atoms with Crippen molar-refractivity contribution in [1.82, 2.24) is 9.88 Å². The number of hydrogen-bond acceptors (Lipinski definition) is 4. The largest absolute Gasteiger partial charge is 0.338 e. The number of amides is 2. The van der Waals surface area contributed by atoms with Gasteiger partial charge in [0.2, 0.25) is 5.91 Å². The number of anilines is 1. The fourth-order valence-corrected chi connectivity index (χ4v) is 4.18. The van der Waals surface area contributed by atoms with Crippen LogP contribution in [0.2, 0.25) is 0 Å². The minimum atomic E-state index is -0.708. The number of likely N-dealkylation sites (tertiary alicyclic amines) is 1. The van der Waals surface area contributed by atoms with Crippen LogP contribution in [0, 0.1) is 11.6 Å². The van der Waals surface area contributed by atoms with Gasteiger partial charge in [-0.1, -0.05) is 12.1 Å². The predicted molar refractivity (Wildman–Crippen MR) is 120 cm³/mol. The first-order valence-electron chi connectivity index (χ1n) is 10.7. The first kappa shape index (κ1) is 22.5. The molecule has 2 unspecified atom stereocenters. The van der Waals surface area contributed by atoms with E-state index in [1.807, 2.05) is 0 Å². The number of nitrogens with zero attached hydrogens (tertiary/aromatic N) is 2. The van der Waals surface area contributed by atoms with E-state index < -0.39 is 17.7 Å². The molecule has 1 aliphatic rings. The number of halogens is 2. The quantitative estimate of drug-likeness (QED) is 0.597. The molecule has 2 amide bonds. The lowest BCUT2D eigenvalue weighted by molar-refractivity contribution is -0.131. The maximum absolute atomic E-state index is 13.5. The first-order valence-corrected chi connectivity index (χ1v) is 10.7. The first-order chi connectivity index (χ1) is 15.9. The number of hydrogen-bond donors (Lipinski definition) is 2. The fourth-order valence-electron chi connectivity index (χ4n) is 4.18. The molecule has 1 aliphatic heterocycles. The molecule has 4 rings (SSSR count). The van der Waals surface area contributed by atoms with Gasteiger partial charge in [-0.3, -0.25) is 14.6 Å².